The molecule has 1 aromatic rings. The molecular formula is C18H29N3O2. The third kappa shape index (κ3) is 6.82. The second kappa shape index (κ2) is 7.59. The maximum Gasteiger partial charge on any atom is 0.238 e. The van der Waals surface area contributed by atoms with E-state index in [-0.39, 0.29) is 30.4 Å². The quantitative estimate of drug-likeness (QED) is 0.876. The molecule has 0 spiro atoms. The number of carbonyl (C=O) groups excluding carboxylic acids is 2. The normalized spacial score (nSPS) is 11.5. The lowest BCUT2D eigenvalue weighted by Crippen LogP contribution is -2.46. The number of carbonyl (C=O) groups is 2. The summed E-state index contributed by atoms with van der Waals surface area (Å²) in [5.41, 5.74) is 3.85. The van der Waals surface area contributed by atoms with Crippen LogP contribution in [0.15, 0.2) is 12.1 Å². The Morgan fingerprint density at radius 3 is 1.96 bits per heavy atom. The number of rotatable bonds is 5. The van der Waals surface area contributed by atoms with E-state index in [9.17, 15) is 9.59 Å². The van der Waals surface area contributed by atoms with Crippen molar-refractivity contribution in [2.45, 2.75) is 47.1 Å². The Morgan fingerprint density at radius 1 is 1.00 bits per heavy atom. The average Bonchev–Trinajstić information content (AvgIpc) is 2.30. The molecule has 0 saturated carbocycles. The molecule has 0 saturated heterocycles. The first kappa shape index (κ1) is 19.2. The molecule has 128 valence electrons. The highest BCUT2D eigenvalue weighted by Crippen LogP contribution is 2.21. The van der Waals surface area contributed by atoms with Gasteiger partial charge in [0.1, 0.15) is 0 Å². The molecule has 0 bridgehead atoms. The molecule has 1 rings (SSSR count). The van der Waals surface area contributed by atoms with Gasteiger partial charge >= 0.3 is 0 Å². The monoisotopic (exact) mass is 319 g/mol. The smallest absolute Gasteiger partial charge is 0.238 e. The molecule has 2 amide bonds. The maximum absolute atomic E-state index is 12.2. The highest BCUT2D eigenvalue weighted by Gasteiger charge is 2.17. The van der Waals surface area contributed by atoms with E-state index in [1.165, 1.54) is 5.56 Å². The van der Waals surface area contributed by atoms with Gasteiger partial charge < -0.3 is 10.6 Å². The van der Waals surface area contributed by atoms with E-state index < -0.39 is 0 Å². The summed E-state index contributed by atoms with van der Waals surface area (Å²) in [6.45, 7) is 12.2. The number of likely N-dealkylation sites (N-methyl/N-ethyl adjacent to an activating group) is 1. The van der Waals surface area contributed by atoms with Crippen molar-refractivity contribution in [1.29, 1.82) is 0 Å². The molecule has 0 aromatic heterocycles. The van der Waals surface area contributed by atoms with Crippen LogP contribution in [-0.2, 0) is 9.59 Å². The third-order valence-electron chi connectivity index (χ3n) is 3.28. The number of nitrogens with zero attached hydrogens (tertiary/aromatic N) is 1. The second-order valence-corrected chi connectivity index (χ2v) is 7.29. The first-order chi connectivity index (χ1) is 10.5. The van der Waals surface area contributed by atoms with Crippen molar-refractivity contribution < 1.29 is 9.59 Å². The van der Waals surface area contributed by atoms with Gasteiger partial charge in [-0.1, -0.05) is 17.7 Å². The molecule has 5 heteroatoms. The molecule has 0 aliphatic rings. The predicted molar refractivity (Wildman–Crippen MR) is 94.7 cm³/mol. The minimum Gasteiger partial charge on any atom is -0.350 e. The van der Waals surface area contributed by atoms with Crippen LogP contribution < -0.4 is 10.6 Å². The van der Waals surface area contributed by atoms with Gasteiger partial charge in [-0.05, 0) is 59.7 Å². The van der Waals surface area contributed by atoms with E-state index in [1.807, 2.05) is 53.7 Å². The van der Waals surface area contributed by atoms with Crippen LogP contribution in [-0.4, -0.2) is 42.4 Å². The summed E-state index contributed by atoms with van der Waals surface area (Å²) >= 11 is 0. The molecule has 0 fully saturated rings. The number of amides is 2. The van der Waals surface area contributed by atoms with Gasteiger partial charge in [0, 0.05) is 11.2 Å². The van der Waals surface area contributed by atoms with Crippen molar-refractivity contribution in [3.8, 4) is 0 Å². The standard InChI is InChI=1S/C18H29N3O2/c1-12-8-13(2)17(14(3)9-12)19-15(22)10-21(7)11-16(23)20-18(4,5)6/h8-9H,10-11H2,1-7H3,(H,19,22)(H,20,23). The Kier molecular flexibility index (Phi) is 6.33. The van der Waals surface area contributed by atoms with E-state index in [4.69, 9.17) is 0 Å². The number of hydrogen-bond donors (Lipinski definition) is 2. The lowest BCUT2D eigenvalue weighted by molar-refractivity contribution is -0.124. The summed E-state index contributed by atoms with van der Waals surface area (Å²) in [7, 11) is 1.76. The first-order valence-corrected chi connectivity index (χ1v) is 7.85. The molecule has 0 radical (unpaired) electrons. The predicted octanol–water partition coefficient (Wildman–Crippen LogP) is 2.40. The zero-order valence-electron chi connectivity index (χ0n) is 15.3. The zero-order valence-corrected chi connectivity index (χ0v) is 15.3. The Hall–Kier alpha value is -1.88. The molecule has 0 heterocycles. The fourth-order valence-electron chi connectivity index (χ4n) is 2.56. The zero-order chi connectivity index (χ0) is 17.8. The largest absolute Gasteiger partial charge is 0.350 e. The van der Waals surface area contributed by atoms with Crippen LogP contribution in [0.4, 0.5) is 5.69 Å². The van der Waals surface area contributed by atoms with E-state index in [0.29, 0.717) is 0 Å². The summed E-state index contributed by atoms with van der Waals surface area (Å²) in [5, 5.41) is 5.83. The molecule has 0 aliphatic carbocycles. The Bertz CT molecular complexity index is 565. The third-order valence-corrected chi connectivity index (χ3v) is 3.28. The number of nitrogens with one attached hydrogen (secondary N) is 2. The van der Waals surface area contributed by atoms with Crippen molar-refractivity contribution in [3.63, 3.8) is 0 Å². The van der Waals surface area contributed by atoms with Gasteiger partial charge in [-0.15, -0.1) is 0 Å². The Morgan fingerprint density at radius 2 is 1.48 bits per heavy atom. The van der Waals surface area contributed by atoms with E-state index in [0.717, 1.165) is 16.8 Å². The van der Waals surface area contributed by atoms with Crippen molar-refractivity contribution in [2.75, 3.05) is 25.5 Å². The fourth-order valence-corrected chi connectivity index (χ4v) is 2.56. The molecule has 23 heavy (non-hydrogen) atoms. The minimum absolute atomic E-state index is 0.0875. The number of hydrogen-bond acceptors (Lipinski definition) is 3. The van der Waals surface area contributed by atoms with Gasteiger partial charge in [0.15, 0.2) is 0 Å². The summed E-state index contributed by atoms with van der Waals surface area (Å²) in [6, 6.07) is 4.09. The number of benzene rings is 1. The van der Waals surface area contributed by atoms with Crippen LogP contribution >= 0.6 is 0 Å². The Balaban J connectivity index is 2.59. The fraction of sp³-hybridized carbons (Fsp3) is 0.556. The van der Waals surface area contributed by atoms with E-state index in [1.54, 1.807) is 11.9 Å². The SMILES string of the molecule is Cc1cc(C)c(NC(=O)CN(C)CC(=O)NC(C)(C)C)c(C)c1. The van der Waals surface area contributed by atoms with E-state index in [2.05, 4.69) is 10.6 Å². The van der Waals surface area contributed by atoms with Gasteiger partial charge in [0.2, 0.25) is 11.8 Å². The number of anilines is 1. The van der Waals surface area contributed by atoms with Crippen LogP contribution in [0.2, 0.25) is 0 Å². The van der Waals surface area contributed by atoms with Crippen LogP contribution in [0.25, 0.3) is 0 Å². The molecule has 0 atom stereocenters. The molecule has 2 N–H and O–H groups in total. The number of aryl methyl sites for hydroxylation is 3. The summed E-state index contributed by atoms with van der Waals surface area (Å²) in [6.07, 6.45) is 0. The summed E-state index contributed by atoms with van der Waals surface area (Å²) in [5.74, 6) is -0.207. The molecular weight excluding hydrogens is 290 g/mol. The second-order valence-electron chi connectivity index (χ2n) is 7.29. The summed E-state index contributed by atoms with van der Waals surface area (Å²) < 4.78 is 0. The van der Waals surface area contributed by atoms with Gasteiger partial charge in [-0.2, -0.15) is 0 Å². The summed E-state index contributed by atoms with van der Waals surface area (Å²) in [4.78, 5) is 25.8. The molecule has 0 aliphatic heterocycles. The molecule has 1 aromatic carbocycles. The van der Waals surface area contributed by atoms with Gasteiger partial charge in [0.05, 0.1) is 13.1 Å². The molecule has 5 nitrogen and oxygen atoms in total. The minimum atomic E-state index is -0.268. The van der Waals surface area contributed by atoms with Crippen molar-refractivity contribution in [2.24, 2.45) is 0 Å². The van der Waals surface area contributed by atoms with Crippen LogP contribution in [0, 0.1) is 20.8 Å². The van der Waals surface area contributed by atoms with Crippen LogP contribution in [0.5, 0.6) is 0 Å². The first-order valence-electron chi connectivity index (χ1n) is 7.85. The topological polar surface area (TPSA) is 61.4 Å². The van der Waals surface area contributed by atoms with Crippen molar-refractivity contribution >= 4 is 17.5 Å². The molecule has 0 unspecified atom stereocenters. The van der Waals surface area contributed by atoms with Crippen LogP contribution in [0.3, 0.4) is 0 Å². The lowest BCUT2D eigenvalue weighted by Gasteiger charge is -2.23. The van der Waals surface area contributed by atoms with Crippen molar-refractivity contribution in [3.05, 3.63) is 28.8 Å². The maximum atomic E-state index is 12.2. The Labute approximate surface area is 139 Å². The van der Waals surface area contributed by atoms with E-state index >= 15 is 0 Å². The van der Waals surface area contributed by atoms with Crippen LogP contribution in [0.1, 0.15) is 37.5 Å². The lowest BCUT2D eigenvalue weighted by atomic mass is 10.1. The highest BCUT2D eigenvalue weighted by molar-refractivity contribution is 5.94. The average molecular weight is 319 g/mol. The van der Waals surface area contributed by atoms with Crippen molar-refractivity contribution in [1.82, 2.24) is 10.2 Å². The van der Waals surface area contributed by atoms with Gasteiger partial charge in [-0.25, -0.2) is 0 Å². The van der Waals surface area contributed by atoms with Gasteiger partial charge in [-0.3, -0.25) is 14.5 Å². The van der Waals surface area contributed by atoms with Gasteiger partial charge in [0.25, 0.3) is 0 Å². The highest BCUT2D eigenvalue weighted by atomic mass is 16.2.